The van der Waals surface area contributed by atoms with Crippen molar-refractivity contribution < 1.29 is 14.3 Å². The first-order chi connectivity index (χ1) is 10.2. The maximum Gasteiger partial charge on any atom is 0.224 e. The van der Waals surface area contributed by atoms with Gasteiger partial charge in [-0.2, -0.15) is 0 Å². The highest BCUT2D eigenvalue weighted by molar-refractivity contribution is 5.91. The topological polar surface area (TPSA) is 49.3 Å². The molecule has 0 saturated heterocycles. The summed E-state index contributed by atoms with van der Waals surface area (Å²) in [6, 6.07) is 4.37. The van der Waals surface area contributed by atoms with E-state index >= 15 is 0 Å². The highest BCUT2D eigenvalue weighted by Crippen LogP contribution is 2.27. The van der Waals surface area contributed by atoms with Crippen molar-refractivity contribution in [2.24, 2.45) is 5.92 Å². The van der Waals surface area contributed by atoms with E-state index in [4.69, 9.17) is 5.11 Å². The first-order valence-electron chi connectivity index (χ1n) is 7.38. The monoisotopic (exact) mass is 289 g/mol. The van der Waals surface area contributed by atoms with E-state index in [2.05, 4.69) is 17.2 Å². The van der Waals surface area contributed by atoms with Gasteiger partial charge in [0.1, 0.15) is 5.82 Å². The van der Waals surface area contributed by atoms with Crippen molar-refractivity contribution in [1.82, 2.24) is 0 Å². The molecule has 0 heterocycles. The lowest BCUT2D eigenvalue weighted by atomic mass is 10.0. The molecule has 21 heavy (non-hydrogen) atoms. The summed E-state index contributed by atoms with van der Waals surface area (Å²) in [5, 5.41) is 11.5. The number of hydrogen-bond donors (Lipinski definition) is 2. The van der Waals surface area contributed by atoms with Crippen LogP contribution in [0.5, 0.6) is 0 Å². The predicted molar refractivity (Wildman–Crippen MR) is 80.2 cm³/mol. The number of amides is 1. The van der Waals surface area contributed by atoms with Crippen LogP contribution < -0.4 is 5.32 Å². The molecule has 0 bridgehead atoms. The molecule has 0 aliphatic heterocycles. The maximum absolute atomic E-state index is 13.6. The van der Waals surface area contributed by atoms with E-state index in [-0.39, 0.29) is 18.1 Å². The highest BCUT2D eigenvalue weighted by Gasteiger charge is 2.18. The van der Waals surface area contributed by atoms with Crippen molar-refractivity contribution in [1.29, 1.82) is 0 Å². The van der Waals surface area contributed by atoms with Gasteiger partial charge in [0, 0.05) is 18.5 Å². The van der Waals surface area contributed by atoms with Crippen LogP contribution in [0.2, 0.25) is 0 Å². The third-order valence-corrected chi connectivity index (χ3v) is 3.66. The van der Waals surface area contributed by atoms with Crippen molar-refractivity contribution in [2.45, 2.75) is 38.5 Å². The van der Waals surface area contributed by atoms with Gasteiger partial charge < -0.3 is 10.4 Å². The second kappa shape index (κ2) is 7.80. The second-order valence-electron chi connectivity index (χ2n) is 5.37. The van der Waals surface area contributed by atoms with Crippen LogP contribution in [-0.4, -0.2) is 17.6 Å². The molecule has 1 fully saturated rings. The normalized spacial score (nSPS) is 14.6. The molecule has 1 amide bonds. The Bertz CT molecular complexity index is 554. The van der Waals surface area contributed by atoms with Crippen molar-refractivity contribution in [3.8, 4) is 11.8 Å². The van der Waals surface area contributed by atoms with E-state index in [1.165, 1.54) is 25.0 Å². The molecule has 1 aliphatic rings. The van der Waals surface area contributed by atoms with Gasteiger partial charge in [-0.15, -0.1) is 0 Å². The van der Waals surface area contributed by atoms with Gasteiger partial charge in [0.2, 0.25) is 5.91 Å². The van der Waals surface area contributed by atoms with Crippen LogP contribution in [-0.2, 0) is 4.79 Å². The van der Waals surface area contributed by atoms with Gasteiger partial charge >= 0.3 is 0 Å². The van der Waals surface area contributed by atoms with Crippen LogP contribution in [0.3, 0.4) is 0 Å². The number of carbonyl (C=O) groups excluding carboxylic acids is 1. The molecular formula is C17H20FNO2. The molecule has 0 spiro atoms. The third kappa shape index (κ3) is 4.87. The number of nitrogens with one attached hydrogen (secondary N) is 1. The summed E-state index contributed by atoms with van der Waals surface area (Å²) in [4.78, 5) is 12.0. The summed E-state index contributed by atoms with van der Waals surface area (Å²) in [6.45, 7) is -0.0492. The average molecular weight is 289 g/mol. The molecule has 2 rings (SSSR count). The molecule has 1 saturated carbocycles. The van der Waals surface area contributed by atoms with Crippen molar-refractivity contribution in [3.63, 3.8) is 0 Å². The fraction of sp³-hybridized carbons (Fsp3) is 0.471. The minimum Gasteiger partial charge on any atom is -0.395 e. The van der Waals surface area contributed by atoms with Crippen LogP contribution in [0.25, 0.3) is 0 Å². The molecule has 0 unspecified atom stereocenters. The Labute approximate surface area is 124 Å². The molecule has 0 aromatic heterocycles. The zero-order valence-corrected chi connectivity index (χ0v) is 12.0. The highest BCUT2D eigenvalue weighted by atomic mass is 19.1. The molecule has 1 aromatic carbocycles. The van der Waals surface area contributed by atoms with Gasteiger partial charge in [-0.25, -0.2) is 4.39 Å². The van der Waals surface area contributed by atoms with Crippen LogP contribution in [0.4, 0.5) is 10.1 Å². The number of rotatable bonds is 4. The summed E-state index contributed by atoms with van der Waals surface area (Å²) in [7, 11) is 0. The molecule has 3 nitrogen and oxygen atoms in total. The maximum atomic E-state index is 13.6. The van der Waals surface area contributed by atoms with Gasteiger partial charge in [0.05, 0.1) is 12.2 Å². The van der Waals surface area contributed by atoms with Gasteiger partial charge in [-0.05, 0) is 37.0 Å². The summed E-state index contributed by atoms with van der Waals surface area (Å²) in [5.74, 6) is 5.38. The smallest absolute Gasteiger partial charge is 0.224 e. The second-order valence-corrected chi connectivity index (χ2v) is 5.37. The van der Waals surface area contributed by atoms with E-state index in [0.29, 0.717) is 24.4 Å². The molecule has 4 heteroatoms. The van der Waals surface area contributed by atoms with Crippen LogP contribution >= 0.6 is 0 Å². The lowest BCUT2D eigenvalue weighted by molar-refractivity contribution is -0.117. The minimum absolute atomic E-state index is 0.0252. The fourth-order valence-corrected chi connectivity index (χ4v) is 2.60. The van der Waals surface area contributed by atoms with Gasteiger partial charge in [0.15, 0.2) is 0 Å². The zero-order valence-electron chi connectivity index (χ0n) is 12.0. The van der Waals surface area contributed by atoms with E-state index in [1.54, 1.807) is 6.07 Å². The zero-order chi connectivity index (χ0) is 15.1. The Hall–Kier alpha value is -1.86. The average Bonchev–Trinajstić information content (AvgIpc) is 2.95. The van der Waals surface area contributed by atoms with Crippen molar-refractivity contribution >= 4 is 11.6 Å². The van der Waals surface area contributed by atoms with Crippen molar-refractivity contribution in [3.05, 3.63) is 29.6 Å². The van der Waals surface area contributed by atoms with Gasteiger partial charge in [0.25, 0.3) is 0 Å². The summed E-state index contributed by atoms with van der Waals surface area (Å²) < 4.78 is 13.6. The Kier molecular flexibility index (Phi) is 5.77. The third-order valence-electron chi connectivity index (χ3n) is 3.66. The first-order valence-corrected chi connectivity index (χ1v) is 7.38. The van der Waals surface area contributed by atoms with Gasteiger partial charge in [-0.1, -0.05) is 24.7 Å². The fourth-order valence-electron chi connectivity index (χ4n) is 2.60. The largest absolute Gasteiger partial charge is 0.395 e. The Balaban J connectivity index is 1.98. The van der Waals surface area contributed by atoms with Gasteiger partial charge in [-0.3, -0.25) is 4.79 Å². The molecule has 0 radical (unpaired) electrons. The SMILES string of the molecule is O=C(CC1CCCC1)Nc1ccc(F)c(C#CCCO)c1. The van der Waals surface area contributed by atoms with E-state index in [1.807, 2.05) is 0 Å². The van der Waals surface area contributed by atoms with E-state index < -0.39 is 5.82 Å². The molecule has 112 valence electrons. The van der Waals surface area contributed by atoms with Crippen LogP contribution in [0, 0.1) is 23.6 Å². The molecule has 1 aromatic rings. The molecular weight excluding hydrogens is 269 g/mol. The van der Waals surface area contributed by atoms with E-state index in [9.17, 15) is 9.18 Å². The predicted octanol–water partition coefficient (Wildman–Crippen LogP) is 3.08. The lowest BCUT2D eigenvalue weighted by Crippen LogP contribution is -2.15. The Morgan fingerprint density at radius 3 is 2.86 bits per heavy atom. The number of anilines is 1. The van der Waals surface area contributed by atoms with E-state index in [0.717, 1.165) is 12.8 Å². The molecule has 2 N–H and O–H groups in total. The first kappa shape index (κ1) is 15.5. The quantitative estimate of drug-likeness (QED) is 0.837. The number of aliphatic hydroxyl groups excluding tert-OH is 1. The summed E-state index contributed by atoms with van der Waals surface area (Å²) in [5.41, 5.74) is 0.801. The molecule has 1 aliphatic carbocycles. The van der Waals surface area contributed by atoms with Crippen molar-refractivity contribution in [2.75, 3.05) is 11.9 Å². The summed E-state index contributed by atoms with van der Waals surface area (Å²) in [6.07, 6.45) is 5.49. The molecule has 0 atom stereocenters. The summed E-state index contributed by atoms with van der Waals surface area (Å²) >= 11 is 0. The van der Waals surface area contributed by atoms with Crippen LogP contribution in [0.1, 0.15) is 44.1 Å². The number of benzene rings is 1. The number of halogens is 1. The Morgan fingerprint density at radius 1 is 1.38 bits per heavy atom. The number of aliphatic hydroxyl groups is 1. The lowest BCUT2D eigenvalue weighted by Gasteiger charge is -2.10. The standard InChI is InChI=1S/C17H20FNO2/c18-16-9-8-15(12-14(16)7-3-4-10-20)19-17(21)11-13-5-1-2-6-13/h8-9,12-13,20H,1-2,4-6,10-11H2,(H,19,21). The van der Waals surface area contributed by atoms with Crippen LogP contribution in [0.15, 0.2) is 18.2 Å². The number of hydrogen-bond acceptors (Lipinski definition) is 2. The number of carbonyl (C=O) groups is 1. The minimum atomic E-state index is -0.422. The Morgan fingerprint density at radius 2 is 2.14 bits per heavy atom.